The monoisotopic (exact) mass is 186 g/mol. The quantitative estimate of drug-likeness (QED) is 0.606. The Morgan fingerprint density at radius 1 is 1.29 bits per heavy atom. The maximum absolute atomic E-state index is 3.75. The van der Waals surface area contributed by atoms with Crippen molar-refractivity contribution in [2.75, 3.05) is 0 Å². The minimum absolute atomic E-state index is 1.07. The molecule has 0 aliphatic carbocycles. The largest absolute Gasteiger partial charge is 0.103 e. The van der Waals surface area contributed by atoms with Gasteiger partial charge in [0.1, 0.15) is 0 Å². The predicted molar refractivity (Wildman–Crippen MR) is 63.3 cm³/mol. The first kappa shape index (κ1) is 10.8. The Morgan fingerprint density at radius 3 is 2.57 bits per heavy atom. The second kappa shape index (κ2) is 6.20. The second-order valence-electron chi connectivity index (χ2n) is 3.44. The van der Waals surface area contributed by atoms with Crippen LogP contribution in [0.3, 0.4) is 0 Å². The maximum atomic E-state index is 3.75. The fourth-order valence-electron chi connectivity index (χ4n) is 1.48. The summed E-state index contributed by atoms with van der Waals surface area (Å²) in [6, 6.07) is 10.6. The molecule has 74 valence electrons. The van der Waals surface area contributed by atoms with Gasteiger partial charge in [0.05, 0.1) is 0 Å². The third-order valence-corrected chi connectivity index (χ3v) is 2.35. The van der Waals surface area contributed by atoms with Crippen molar-refractivity contribution >= 4 is 0 Å². The lowest BCUT2D eigenvalue weighted by Gasteiger charge is -2.05. The Hall–Kier alpha value is -1.30. The van der Waals surface area contributed by atoms with Crippen molar-refractivity contribution in [1.82, 2.24) is 0 Å². The van der Waals surface area contributed by atoms with Gasteiger partial charge in [-0.2, -0.15) is 0 Å². The molecule has 0 aliphatic heterocycles. The molecule has 0 N–H and O–H groups in total. The fourth-order valence-corrected chi connectivity index (χ4v) is 1.48. The van der Waals surface area contributed by atoms with Crippen LogP contribution in [0.4, 0.5) is 0 Å². The molecule has 0 atom stereocenters. The SMILES string of the molecule is C=CCC/C(=C\C)Cc1ccccc1. The average molecular weight is 186 g/mol. The zero-order chi connectivity index (χ0) is 10.2. The molecule has 0 nitrogen and oxygen atoms in total. The van der Waals surface area contributed by atoms with Gasteiger partial charge in [-0.25, -0.2) is 0 Å². The molecule has 14 heavy (non-hydrogen) atoms. The normalized spacial score (nSPS) is 11.4. The highest BCUT2D eigenvalue weighted by molar-refractivity contribution is 5.21. The van der Waals surface area contributed by atoms with Crippen molar-refractivity contribution in [1.29, 1.82) is 0 Å². The summed E-state index contributed by atoms with van der Waals surface area (Å²) in [5, 5.41) is 0. The molecule has 0 saturated carbocycles. The Morgan fingerprint density at radius 2 is 2.00 bits per heavy atom. The molecule has 0 radical (unpaired) electrons. The van der Waals surface area contributed by atoms with E-state index in [0.717, 1.165) is 19.3 Å². The van der Waals surface area contributed by atoms with Crippen LogP contribution in [0.1, 0.15) is 25.3 Å². The lowest BCUT2D eigenvalue weighted by molar-refractivity contribution is 0.923. The number of hydrogen-bond acceptors (Lipinski definition) is 0. The number of hydrogen-bond donors (Lipinski definition) is 0. The van der Waals surface area contributed by atoms with E-state index in [1.165, 1.54) is 11.1 Å². The second-order valence-corrected chi connectivity index (χ2v) is 3.44. The molecule has 1 aromatic rings. The van der Waals surface area contributed by atoms with Gasteiger partial charge < -0.3 is 0 Å². The van der Waals surface area contributed by atoms with E-state index in [-0.39, 0.29) is 0 Å². The third kappa shape index (κ3) is 3.61. The fraction of sp³-hybridized carbons (Fsp3) is 0.286. The van der Waals surface area contributed by atoms with E-state index >= 15 is 0 Å². The van der Waals surface area contributed by atoms with Crippen molar-refractivity contribution in [3.63, 3.8) is 0 Å². The van der Waals surface area contributed by atoms with E-state index in [4.69, 9.17) is 0 Å². The van der Waals surface area contributed by atoms with Gasteiger partial charge in [-0.05, 0) is 31.7 Å². The Labute approximate surface area is 87.0 Å². The van der Waals surface area contributed by atoms with Crippen LogP contribution in [0.5, 0.6) is 0 Å². The van der Waals surface area contributed by atoms with Crippen LogP contribution in [-0.4, -0.2) is 0 Å². The van der Waals surface area contributed by atoms with Crippen molar-refractivity contribution < 1.29 is 0 Å². The smallest absolute Gasteiger partial charge is 0.00671 e. The van der Waals surface area contributed by atoms with Gasteiger partial charge in [0.2, 0.25) is 0 Å². The summed E-state index contributed by atoms with van der Waals surface area (Å²) < 4.78 is 0. The highest BCUT2D eigenvalue weighted by Crippen LogP contribution is 2.12. The highest BCUT2D eigenvalue weighted by atomic mass is 14.0. The summed E-state index contributed by atoms with van der Waals surface area (Å²) in [4.78, 5) is 0. The summed E-state index contributed by atoms with van der Waals surface area (Å²) in [7, 11) is 0. The van der Waals surface area contributed by atoms with Crippen LogP contribution < -0.4 is 0 Å². The van der Waals surface area contributed by atoms with Crippen LogP contribution in [0, 0.1) is 0 Å². The molecule has 0 aliphatic rings. The lowest BCUT2D eigenvalue weighted by atomic mass is 10.0. The van der Waals surface area contributed by atoms with Crippen LogP contribution in [0.25, 0.3) is 0 Å². The van der Waals surface area contributed by atoms with Crippen LogP contribution in [-0.2, 0) is 6.42 Å². The lowest BCUT2D eigenvalue weighted by Crippen LogP contribution is -1.89. The Bertz CT molecular complexity index is 293. The zero-order valence-corrected chi connectivity index (χ0v) is 8.87. The van der Waals surface area contributed by atoms with Gasteiger partial charge in [-0.3, -0.25) is 0 Å². The van der Waals surface area contributed by atoms with Crippen LogP contribution in [0.15, 0.2) is 54.6 Å². The van der Waals surface area contributed by atoms with Crippen LogP contribution in [0.2, 0.25) is 0 Å². The number of benzene rings is 1. The van der Waals surface area contributed by atoms with Gasteiger partial charge in [0.15, 0.2) is 0 Å². The molecule has 0 unspecified atom stereocenters. The first-order valence-corrected chi connectivity index (χ1v) is 5.15. The van der Waals surface area contributed by atoms with Crippen molar-refractivity contribution in [3.8, 4) is 0 Å². The van der Waals surface area contributed by atoms with E-state index < -0.39 is 0 Å². The molecule has 0 spiro atoms. The van der Waals surface area contributed by atoms with Crippen molar-refractivity contribution in [2.45, 2.75) is 26.2 Å². The van der Waals surface area contributed by atoms with E-state index in [9.17, 15) is 0 Å². The molecular formula is C14H18. The minimum atomic E-state index is 1.07. The first-order valence-electron chi connectivity index (χ1n) is 5.15. The molecule has 1 aromatic carbocycles. The van der Waals surface area contributed by atoms with E-state index in [0.29, 0.717) is 0 Å². The summed E-state index contributed by atoms with van der Waals surface area (Å²) >= 11 is 0. The summed E-state index contributed by atoms with van der Waals surface area (Å²) in [6.07, 6.45) is 7.48. The molecule has 1 rings (SSSR count). The molecule has 0 amide bonds. The highest BCUT2D eigenvalue weighted by Gasteiger charge is 1.96. The minimum Gasteiger partial charge on any atom is -0.103 e. The van der Waals surface area contributed by atoms with Gasteiger partial charge in [0.25, 0.3) is 0 Å². The average Bonchev–Trinajstić information content (AvgIpc) is 2.25. The van der Waals surface area contributed by atoms with Gasteiger partial charge >= 0.3 is 0 Å². The molecule has 0 bridgehead atoms. The molecular weight excluding hydrogens is 168 g/mol. The number of allylic oxidation sites excluding steroid dienone is 3. The number of rotatable bonds is 5. The molecule has 0 saturated heterocycles. The topological polar surface area (TPSA) is 0 Å². The maximum Gasteiger partial charge on any atom is -0.00671 e. The Kier molecular flexibility index (Phi) is 4.77. The third-order valence-electron chi connectivity index (χ3n) is 2.35. The summed E-state index contributed by atoms with van der Waals surface area (Å²) in [5.74, 6) is 0. The summed E-state index contributed by atoms with van der Waals surface area (Å²) in [5.41, 5.74) is 2.89. The summed E-state index contributed by atoms with van der Waals surface area (Å²) in [6.45, 7) is 5.86. The first-order chi connectivity index (χ1) is 6.86. The predicted octanol–water partition coefficient (Wildman–Crippen LogP) is 4.14. The Balaban J connectivity index is 2.53. The van der Waals surface area contributed by atoms with Gasteiger partial charge in [-0.15, -0.1) is 6.58 Å². The van der Waals surface area contributed by atoms with Gasteiger partial charge in [0, 0.05) is 0 Å². The van der Waals surface area contributed by atoms with Crippen molar-refractivity contribution in [2.24, 2.45) is 0 Å². The van der Waals surface area contributed by atoms with Gasteiger partial charge in [-0.1, -0.05) is 48.1 Å². The van der Waals surface area contributed by atoms with E-state index in [2.05, 4.69) is 49.9 Å². The molecule has 0 aromatic heterocycles. The van der Waals surface area contributed by atoms with E-state index in [1.54, 1.807) is 0 Å². The molecule has 0 fully saturated rings. The molecule has 0 heteroatoms. The van der Waals surface area contributed by atoms with Crippen LogP contribution >= 0.6 is 0 Å². The standard InChI is InChI=1S/C14H18/c1-3-5-9-13(4-2)12-14-10-7-6-8-11-14/h3-4,6-8,10-11H,1,5,9,12H2,2H3/b13-4+. The van der Waals surface area contributed by atoms with Crippen molar-refractivity contribution in [3.05, 3.63) is 60.2 Å². The molecule has 0 heterocycles. The van der Waals surface area contributed by atoms with E-state index in [1.807, 2.05) is 6.08 Å². The zero-order valence-electron chi connectivity index (χ0n) is 8.87.